The Balaban J connectivity index is 1.77. The van der Waals surface area contributed by atoms with Gasteiger partial charge in [-0.05, 0) is 26.0 Å². The number of carbonyl (C=O) groups is 4. The van der Waals surface area contributed by atoms with E-state index in [4.69, 9.17) is 4.74 Å². The summed E-state index contributed by atoms with van der Waals surface area (Å²) in [4.78, 5) is 48.8. The van der Waals surface area contributed by atoms with Gasteiger partial charge in [-0.2, -0.15) is 0 Å². The minimum Gasteiger partial charge on any atom is -0.543 e. The van der Waals surface area contributed by atoms with Crippen LogP contribution in [-0.2, 0) is 19.1 Å². The Morgan fingerprint density at radius 3 is 2.46 bits per heavy atom. The molecule has 0 aliphatic carbocycles. The van der Waals surface area contributed by atoms with Gasteiger partial charge in [0.1, 0.15) is 18.0 Å². The van der Waals surface area contributed by atoms with E-state index in [-0.39, 0.29) is 18.1 Å². The molecule has 148 valence electrons. The quantitative estimate of drug-likeness (QED) is 0.538. The highest BCUT2D eigenvalue weighted by Crippen LogP contribution is 2.40. The van der Waals surface area contributed by atoms with E-state index in [1.807, 2.05) is 19.9 Å². The lowest BCUT2D eigenvalue weighted by Crippen LogP contribution is -2.71. The number of amides is 2. The van der Waals surface area contributed by atoms with Crippen molar-refractivity contribution in [1.82, 2.24) is 10.2 Å². The number of aliphatic carboxylic acids is 1. The second kappa shape index (κ2) is 7.67. The number of ether oxygens (including phenoxy) is 1. The fraction of sp³-hybridized carbons (Fsp3) is 0.368. The molecule has 0 bridgehead atoms. The normalized spacial score (nSPS) is 21.0. The standard InChI is InChI=1S/C19H20N2O6S/c1-9-4-10(2)6-12(5-9)16(23)20-14-17(24)21-15(19(25)26)13(7-27-11(3)22)8-28-18(14)21/h4-6,14,18H,7-8H2,1-3H3,(H,20,23)(H,25,26)/p-1/t14-,18+/m0/s1. The predicted octanol–water partition coefficient (Wildman–Crippen LogP) is -0.116. The Labute approximate surface area is 165 Å². The number of carboxylic acids is 1. The Bertz CT molecular complexity index is 889. The SMILES string of the molecule is CC(=O)OCC1=C(C(=O)[O-])N2C(=O)[C@H](NC(=O)c3cc(C)cc(C)c3)[C@H]2SC1. The average Bonchev–Trinajstić information content (AvgIpc) is 2.62. The number of esters is 1. The fourth-order valence-electron chi connectivity index (χ4n) is 3.30. The van der Waals surface area contributed by atoms with Gasteiger partial charge in [0.2, 0.25) is 0 Å². The zero-order chi connectivity index (χ0) is 20.6. The van der Waals surface area contributed by atoms with E-state index in [9.17, 15) is 24.3 Å². The number of carbonyl (C=O) groups excluding carboxylic acids is 4. The van der Waals surface area contributed by atoms with E-state index in [0.29, 0.717) is 11.1 Å². The number of aryl methyl sites for hydroxylation is 2. The molecule has 8 nitrogen and oxygen atoms in total. The van der Waals surface area contributed by atoms with Crippen LogP contribution in [0.5, 0.6) is 0 Å². The Hall–Kier alpha value is -2.81. The van der Waals surface area contributed by atoms with Crippen molar-refractivity contribution in [3.8, 4) is 0 Å². The molecule has 1 saturated heterocycles. The number of carboxylic acid groups (broad SMARTS) is 1. The van der Waals surface area contributed by atoms with Crippen LogP contribution in [-0.4, -0.2) is 52.4 Å². The lowest BCUT2D eigenvalue weighted by atomic mass is 10.0. The summed E-state index contributed by atoms with van der Waals surface area (Å²) < 4.78 is 4.87. The monoisotopic (exact) mass is 403 g/mol. The molecule has 2 amide bonds. The Kier molecular flexibility index (Phi) is 5.46. The molecule has 2 atom stereocenters. The van der Waals surface area contributed by atoms with Gasteiger partial charge in [0.25, 0.3) is 11.8 Å². The third-order valence-corrected chi connectivity index (χ3v) is 5.80. The highest BCUT2D eigenvalue weighted by atomic mass is 32.2. The first-order chi connectivity index (χ1) is 13.2. The molecule has 1 fully saturated rings. The summed E-state index contributed by atoms with van der Waals surface area (Å²) in [5, 5.41) is 13.7. The first kappa shape index (κ1) is 19.9. The maximum atomic E-state index is 12.6. The summed E-state index contributed by atoms with van der Waals surface area (Å²) in [7, 11) is 0. The summed E-state index contributed by atoms with van der Waals surface area (Å²) in [6, 6.07) is 4.55. The van der Waals surface area contributed by atoms with Gasteiger partial charge >= 0.3 is 5.97 Å². The molecule has 2 aliphatic rings. The zero-order valence-electron chi connectivity index (χ0n) is 15.6. The maximum Gasteiger partial charge on any atom is 0.302 e. The molecule has 0 saturated carbocycles. The molecule has 9 heteroatoms. The zero-order valence-corrected chi connectivity index (χ0v) is 16.4. The number of hydrogen-bond acceptors (Lipinski definition) is 7. The predicted molar refractivity (Wildman–Crippen MR) is 98.9 cm³/mol. The average molecular weight is 403 g/mol. The van der Waals surface area contributed by atoms with Crippen LogP contribution >= 0.6 is 11.8 Å². The molecule has 28 heavy (non-hydrogen) atoms. The van der Waals surface area contributed by atoms with Crippen LogP contribution in [0.15, 0.2) is 29.5 Å². The van der Waals surface area contributed by atoms with E-state index in [1.54, 1.807) is 12.1 Å². The van der Waals surface area contributed by atoms with Crippen LogP contribution in [0.1, 0.15) is 28.4 Å². The van der Waals surface area contributed by atoms with E-state index >= 15 is 0 Å². The molecule has 0 radical (unpaired) electrons. The van der Waals surface area contributed by atoms with Crippen LogP contribution in [0.4, 0.5) is 0 Å². The van der Waals surface area contributed by atoms with Gasteiger partial charge in [-0.15, -0.1) is 11.8 Å². The Morgan fingerprint density at radius 1 is 1.25 bits per heavy atom. The highest BCUT2D eigenvalue weighted by molar-refractivity contribution is 8.00. The number of nitrogens with one attached hydrogen (secondary N) is 1. The van der Waals surface area contributed by atoms with Crippen molar-refractivity contribution in [2.45, 2.75) is 32.2 Å². The van der Waals surface area contributed by atoms with Crippen LogP contribution in [0, 0.1) is 13.8 Å². The molecule has 1 N–H and O–H groups in total. The molecule has 3 rings (SSSR count). The number of rotatable bonds is 5. The lowest BCUT2D eigenvalue weighted by Gasteiger charge is -2.50. The molecule has 1 aromatic carbocycles. The minimum absolute atomic E-state index is 0.220. The maximum absolute atomic E-state index is 12.6. The second-order valence-electron chi connectivity index (χ2n) is 6.76. The van der Waals surface area contributed by atoms with E-state index in [1.165, 1.54) is 18.7 Å². The van der Waals surface area contributed by atoms with Gasteiger partial charge in [-0.1, -0.05) is 17.2 Å². The molecule has 2 aliphatic heterocycles. The molecule has 0 aromatic heterocycles. The highest BCUT2D eigenvalue weighted by Gasteiger charge is 2.52. The van der Waals surface area contributed by atoms with Crippen LogP contribution < -0.4 is 10.4 Å². The molecular weight excluding hydrogens is 384 g/mol. The number of thioether (sulfide) groups is 1. The smallest absolute Gasteiger partial charge is 0.302 e. The summed E-state index contributed by atoms with van der Waals surface area (Å²) in [5.41, 5.74) is 2.30. The van der Waals surface area contributed by atoms with Gasteiger partial charge in [0.15, 0.2) is 0 Å². The topological polar surface area (TPSA) is 116 Å². The number of fused-ring (bicyclic) bond motifs is 1. The van der Waals surface area contributed by atoms with E-state index in [0.717, 1.165) is 16.0 Å². The summed E-state index contributed by atoms with van der Waals surface area (Å²) >= 11 is 1.30. The lowest BCUT2D eigenvalue weighted by molar-refractivity contribution is -0.301. The van der Waals surface area contributed by atoms with Crippen molar-refractivity contribution >= 4 is 35.5 Å². The number of β-lactam (4-membered cyclic amide) rings is 1. The van der Waals surface area contributed by atoms with E-state index in [2.05, 4.69) is 5.32 Å². The molecule has 1 aromatic rings. The molecule has 2 heterocycles. The fourth-order valence-corrected chi connectivity index (χ4v) is 4.63. The molecule has 0 unspecified atom stereocenters. The molecular formula is C19H19N2O6S-. The van der Waals surface area contributed by atoms with Gasteiger partial charge in [-0.25, -0.2) is 0 Å². The van der Waals surface area contributed by atoms with Gasteiger partial charge < -0.3 is 20.0 Å². The summed E-state index contributed by atoms with van der Waals surface area (Å²) in [5.74, 6) is -2.74. The van der Waals surface area contributed by atoms with Crippen LogP contribution in [0.2, 0.25) is 0 Å². The molecule has 0 spiro atoms. The van der Waals surface area contributed by atoms with Crippen molar-refractivity contribution < 1.29 is 29.0 Å². The third kappa shape index (κ3) is 3.75. The number of nitrogens with zero attached hydrogens (tertiary/aromatic N) is 1. The minimum atomic E-state index is -1.51. The Morgan fingerprint density at radius 2 is 1.89 bits per heavy atom. The van der Waals surface area contributed by atoms with Crippen molar-refractivity contribution in [3.05, 3.63) is 46.2 Å². The van der Waals surface area contributed by atoms with Gasteiger partial charge in [0, 0.05) is 23.8 Å². The van der Waals surface area contributed by atoms with E-state index < -0.39 is 35.2 Å². The summed E-state index contributed by atoms with van der Waals surface area (Å²) in [6.07, 6.45) is 0. The van der Waals surface area contributed by atoms with Crippen molar-refractivity contribution in [1.29, 1.82) is 0 Å². The van der Waals surface area contributed by atoms with Crippen LogP contribution in [0.25, 0.3) is 0 Å². The van der Waals surface area contributed by atoms with Crippen LogP contribution in [0.3, 0.4) is 0 Å². The van der Waals surface area contributed by atoms with Crippen molar-refractivity contribution in [2.75, 3.05) is 12.4 Å². The van der Waals surface area contributed by atoms with Crippen molar-refractivity contribution in [3.63, 3.8) is 0 Å². The number of hydrogen-bond donors (Lipinski definition) is 1. The third-order valence-electron chi connectivity index (χ3n) is 4.46. The summed E-state index contributed by atoms with van der Waals surface area (Å²) in [6.45, 7) is 4.74. The largest absolute Gasteiger partial charge is 0.543 e. The van der Waals surface area contributed by atoms with Crippen molar-refractivity contribution in [2.24, 2.45) is 0 Å². The first-order valence-corrected chi connectivity index (χ1v) is 9.64. The second-order valence-corrected chi connectivity index (χ2v) is 7.86. The first-order valence-electron chi connectivity index (χ1n) is 8.59. The van der Waals surface area contributed by atoms with Gasteiger partial charge in [-0.3, -0.25) is 19.3 Å². The number of benzene rings is 1. The van der Waals surface area contributed by atoms with Gasteiger partial charge in [0.05, 0.1) is 11.7 Å².